The lowest BCUT2D eigenvalue weighted by atomic mass is 10.1. The van der Waals surface area contributed by atoms with Crippen LogP contribution in [0.5, 0.6) is 0 Å². The third-order valence-electron chi connectivity index (χ3n) is 6.07. The number of benzene rings is 3. The van der Waals surface area contributed by atoms with Gasteiger partial charge in [-0.2, -0.15) is 0 Å². The number of amides is 2. The van der Waals surface area contributed by atoms with E-state index in [0.717, 1.165) is 9.87 Å². The van der Waals surface area contributed by atoms with Crippen LogP contribution in [0.3, 0.4) is 0 Å². The van der Waals surface area contributed by atoms with Crippen molar-refractivity contribution in [2.24, 2.45) is 0 Å². The van der Waals surface area contributed by atoms with Crippen LogP contribution in [0, 0.1) is 6.92 Å². The predicted octanol–water partition coefficient (Wildman–Crippen LogP) is 4.44. The first kappa shape index (κ1) is 28.2. The Hall–Kier alpha value is -3.36. The molecular formula is C28H32ClN3O4S. The minimum Gasteiger partial charge on any atom is -0.355 e. The minimum absolute atomic E-state index is 0.0144. The lowest BCUT2D eigenvalue weighted by molar-refractivity contribution is -0.138. The monoisotopic (exact) mass is 541 g/mol. The van der Waals surface area contributed by atoms with Gasteiger partial charge in [-0.3, -0.25) is 13.9 Å². The van der Waals surface area contributed by atoms with E-state index in [9.17, 15) is 18.0 Å². The Morgan fingerprint density at radius 1 is 0.946 bits per heavy atom. The molecule has 3 aromatic rings. The maximum atomic E-state index is 13.8. The molecule has 196 valence electrons. The molecule has 1 atom stereocenters. The Morgan fingerprint density at radius 2 is 1.57 bits per heavy atom. The highest BCUT2D eigenvalue weighted by Gasteiger charge is 2.32. The number of carbonyl (C=O) groups is 2. The fraction of sp³-hybridized carbons (Fsp3) is 0.286. The Labute approximate surface area is 224 Å². The largest absolute Gasteiger partial charge is 0.355 e. The first-order valence-electron chi connectivity index (χ1n) is 12.1. The lowest BCUT2D eigenvalue weighted by Gasteiger charge is -2.32. The van der Waals surface area contributed by atoms with E-state index in [0.29, 0.717) is 29.2 Å². The molecule has 2 amide bonds. The van der Waals surface area contributed by atoms with Crippen LogP contribution < -0.4 is 9.62 Å². The molecule has 0 heterocycles. The average molecular weight is 542 g/mol. The molecule has 37 heavy (non-hydrogen) atoms. The normalized spacial score (nSPS) is 12.0. The molecular weight excluding hydrogens is 510 g/mol. The summed E-state index contributed by atoms with van der Waals surface area (Å²) in [5.74, 6) is -0.776. The third kappa shape index (κ3) is 7.11. The molecule has 0 fully saturated rings. The van der Waals surface area contributed by atoms with Crippen molar-refractivity contribution in [2.45, 2.75) is 38.1 Å². The number of para-hydroxylation sites is 1. The number of aryl methyl sites for hydroxylation is 1. The van der Waals surface area contributed by atoms with Gasteiger partial charge in [-0.25, -0.2) is 8.42 Å². The fourth-order valence-electron chi connectivity index (χ4n) is 3.98. The van der Waals surface area contributed by atoms with Gasteiger partial charge in [0.1, 0.15) is 12.6 Å². The highest BCUT2D eigenvalue weighted by atomic mass is 35.5. The molecule has 0 spiro atoms. The number of halogens is 1. The number of anilines is 1. The van der Waals surface area contributed by atoms with Crippen LogP contribution in [0.2, 0.25) is 5.02 Å². The standard InChI is InChI=1S/C28H32ClN3O4S/c1-4-30-28(34)22(3)31(19-18-23-11-6-5-7-12-23)27(33)20-32(26-13-9-8-10-21(26)2)37(35,36)25-16-14-24(29)15-17-25/h5-17,22H,4,18-20H2,1-3H3,(H,30,34)/t22-/m1/s1. The Balaban J connectivity index is 1.98. The molecule has 0 bridgehead atoms. The second kappa shape index (κ2) is 12.7. The molecule has 9 heteroatoms. The van der Waals surface area contributed by atoms with E-state index in [4.69, 9.17) is 11.6 Å². The van der Waals surface area contributed by atoms with Crippen molar-refractivity contribution >= 4 is 39.1 Å². The predicted molar refractivity (Wildman–Crippen MR) is 147 cm³/mol. The Kier molecular flexibility index (Phi) is 9.72. The molecule has 0 aliphatic carbocycles. The maximum Gasteiger partial charge on any atom is 0.264 e. The van der Waals surface area contributed by atoms with E-state index in [1.54, 1.807) is 45.0 Å². The zero-order valence-corrected chi connectivity index (χ0v) is 22.8. The number of likely N-dealkylation sites (N-methyl/N-ethyl adjacent to an activating group) is 1. The van der Waals surface area contributed by atoms with Crippen molar-refractivity contribution in [1.82, 2.24) is 10.2 Å². The van der Waals surface area contributed by atoms with Gasteiger partial charge in [0.15, 0.2) is 0 Å². The van der Waals surface area contributed by atoms with Crippen LogP contribution >= 0.6 is 11.6 Å². The van der Waals surface area contributed by atoms with Crippen LogP contribution in [0.4, 0.5) is 5.69 Å². The summed E-state index contributed by atoms with van der Waals surface area (Å²) < 4.78 is 28.7. The molecule has 0 radical (unpaired) electrons. The molecule has 1 N–H and O–H groups in total. The summed E-state index contributed by atoms with van der Waals surface area (Å²) in [5.41, 5.74) is 2.09. The van der Waals surface area contributed by atoms with Gasteiger partial charge >= 0.3 is 0 Å². The quantitative estimate of drug-likeness (QED) is 0.389. The molecule has 0 aliphatic rings. The van der Waals surface area contributed by atoms with Gasteiger partial charge in [0.2, 0.25) is 11.8 Å². The molecule has 0 aromatic heterocycles. The van der Waals surface area contributed by atoms with Crippen LogP contribution in [-0.4, -0.2) is 50.8 Å². The van der Waals surface area contributed by atoms with Crippen molar-refractivity contribution < 1.29 is 18.0 Å². The van der Waals surface area contributed by atoms with Crippen molar-refractivity contribution in [3.63, 3.8) is 0 Å². The molecule has 0 saturated heterocycles. The zero-order chi connectivity index (χ0) is 27.0. The summed E-state index contributed by atoms with van der Waals surface area (Å²) >= 11 is 5.98. The highest BCUT2D eigenvalue weighted by Crippen LogP contribution is 2.27. The number of hydrogen-bond donors (Lipinski definition) is 1. The van der Waals surface area contributed by atoms with E-state index in [1.807, 2.05) is 30.3 Å². The highest BCUT2D eigenvalue weighted by molar-refractivity contribution is 7.92. The van der Waals surface area contributed by atoms with E-state index >= 15 is 0 Å². The van der Waals surface area contributed by atoms with Crippen molar-refractivity contribution in [1.29, 1.82) is 0 Å². The summed E-state index contributed by atoms with van der Waals surface area (Å²) in [5, 5.41) is 3.16. The Bertz CT molecular complexity index is 1310. The number of nitrogens with zero attached hydrogens (tertiary/aromatic N) is 2. The summed E-state index contributed by atoms with van der Waals surface area (Å²) in [4.78, 5) is 27.9. The molecule has 3 rings (SSSR count). The maximum absolute atomic E-state index is 13.8. The first-order chi connectivity index (χ1) is 17.6. The third-order valence-corrected chi connectivity index (χ3v) is 8.09. The van der Waals surface area contributed by atoms with Crippen LogP contribution in [0.1, 0.15) is 25.0 Å². The zero-order valence-electron chi connectivity index (χ0n) is 21.2. The smallest absolute Gasteiger partial charge is 0.264 e. The van der Waals surface area contributed by atoms with Gasteiger partial charge in [0.05, 0.1) is 10.6 Å². The van der Waals surface area contributed by atoms with Gasteiger partial charge in [-0.05, 0) is 68.7 Å². The molecule has 7 nitrogen and oxygen atoms in total. The summed E-state index contributed by atoms with van der Waals surface area (Å²) in [7, 11) is -4.12. The molecule has 3 aromatic carbocycles. The number of carbonyl (C=O) groups excluding carboxylic acids is 2. The fourth-order valence-corrected chi connectivity index (χ4v) is 5.59. The topological polar surface area (TPSA) is 86.8 Å². The Morgan fingerprint density at radius 3 is 2.19 bits per heavy atom. The van der Waals surface area contributed by atoms with E-state index < -0.39 is 28.5 Å². The van der Waals surface area contributed by atoms with Gasteiger partial charge < -0.3 is 10.2 Å². The van der Waals surface area contributed by atoms with Gasteiger partial charge in [-0.1, -0.05) is 60.1 Å². The number of hydrogen-bond acceptors (Lipinski definition) is 4. The first-order valence-corrected chi connectivity index (χ1v) is 13.9. The molecule has 0 unspecified atom stereocenters. The van der Waals surface area contributed by atoms with Crippen LogP contribution in [0.25, 0.3) is 0 Å². The van der Waals surface area contributed by atoms with Crippen LogP contribution in [0.15, 0.2) is 83.8 Å². The second-order valence-electron chi connectivity index (χ2n) is 8.65. The molecule has 0 aliphatic heterocycles. The number of sulfonamides is 1. The van der Waals surface area contributed by atoms with Crippen LogP contribution in [-0.2, 0) is 26.0 Å². The van der Waals surface area contributed by atoms with Gasteiger partial charge in [0.25, 0.3) is 10.0 Å². The SMILES string of the molecule is CCNC(=O)[C@@H](C)N(CCc1ccccc1)C(=O)CN(c1ccccc1C)S(=O)(=O)c1ccc(Cl)cc1. The molecule has 0 saturated carbocycles. The van der Waals surface area contributed by atoms with Gasteiger partial charge in [-0.15, -0.1) is 0 Å². The second-order valence-corrected chi connectivity index (χ2v) is 10.9. The lowest BCUT2D eigenvalue weighted by Crippen LogP contribution is -2.52. The van der Waals surface area contributed by atoms with E-state index in [2.05, 4.69) is 5.32 Å². The summed E-state index contributed by atoms with van der Waals surface area (Å²) in [6.07, 6.45) is 0.518. The van der Waals surface area contributed by atoms with E-state index in [-0.39, 0.29) is 17.3 Å². The number of rotatable bonds is 11. The average Bonchev–Trinajstić information content (AvgIpc) is 2.88. The summed E-state index contributed by atoms with van der Waals surface area (Å²) in [6, 6.07) is 21.6. The van der Waals surface area contributed by atoms with Crippen molar-refractivity contribution in [3.8, 4) is 0 Å². The van der Waals surface area contributed by atoms with Crippen molar-refractivity contribution in [3.05, 3.63) is 95.0 Å². The van der Waals surface area contributed by atoms with Crippen molar-refractivity contribution in [2.75, 3.05) is 23.9 Å². The number of nitrogens with one attached hydrogen (secondary N) is 1. The van der Waals surface area contributed by atoms with E-state index in [1.165, 1.54) is 29.2 Å². The summed E-state index contributed by atoms with van der Waals surface area (Å²) in [6.45, 7) is 5.45. The van der Waals surface area contributed by atoms with Gasteiger partial charge in [0, 0.05) is 18.1 Å². The minimum atomic E-state index is -4.12.